The van der Waals surface area contributed by atoms with Crippen molar-refractivity contribution in [2.45, 2.75) is 19.2 Å². The molecule has 0 N–H and O–H groups in total. The number of carbonyl (C=O) groups excluding carboxylic acids is 1. The molecule has 0 aliphatic heterocycles. The van der Waals surface area contributed by atoms with Gasteiger partial charge in [-0.1, -0.05) is 0 Å². The molecule has 0 amide bonds. The predicted molar refractivity (Wildman–Crippen MR) is 44.2 cm³/mol. The van der Waals surface area contributed by atoms with Gasteiger partial charge in [0.1, 0.15) is 12.3 Å². The molecule has 0 aliphatic rings. The Labute approximate surface area is 80.0 Å². The van der Waals surface area contributed by atoms with Crippen LogP contribution in [0.3, 0.4) is 0 Å². The van der Waals surface area contributed by atoms with Crippen LogP contribution in [0.4, 0.5) is 0 Å². The molecule has 6 heteroatoms. The van der Waals surface area contributed by atoms with Crippen LogP contribution >= 0.6 is 11.6 Å². The monoisotopic (exact) mass is 204 g/mol. The summed E-state index contributed by atoms with van der Waals surface area (Å²) in [5.74, 6) is 0.304. The van der Waals surface area contributed by atoms with Crippen molar-refractivity contribution in [3.8, 4) is 0 Å². The zero-order valence-corrected chi connectivity index (χ0v) is 7.87. The lowest BCUT2D eigenvalue weighted by Crippen LogP contribution is -2.07. The van der Waals surface area contributed by atoms with E-state index in [1.807, 2.05) is 0 Å². The first-order chi connectivity index (χ1) is 6.26. The van der Waals surface area contributed by atoms with Gasteiger partial charge in [-0.3, -0.25) is 4.79 Å². The smallest absolute Gasteiger partial charge is 0.315 e. The number of aromatic nitrogens is 2. The van der Waals surface area contributed by atoms with Crippen LogP contribution in [-0.4, -0.2) is 22.8 Å². The highest BCUT2D eigenvalue weighted by Crippen LogP contribution is 2.03. The molecule has 0 aromatic carbocycles. The van der Waals surface area contributed by atoms with Crippen LogP contribution in [0.2, 0.25) is 0 Å². The summed E-state index contributed by atoms with van der Waals surface area (Å²) in [7, 11) is 0. The number of nitrogens with zero attached hydrogens (tertiary/aromatic N) is 2. The number of halogens is 1. The van der Waals surface area contributed by atoms with Crippen molar-refractivity contribution < 1.29 is 13.9 Å². The van der Waals surface area contributed by atoms with Crippen LogP contribution < -0.4 is 0 Å². The van der Waals surface area contributed by atoms with Gasteiger partial charge in [-0.15, -0.1) is 21.8 Å². The molecule has 0 spiro atoms. The number of alkyl halides is 1. The highest BCUT2D eigenvalue weighted by Gasteiger charge is 2.10. The van der Waals surface area contributed by atoms with E-state index < -0.39 is 0 Å². The third-order valence-corrected chi connectivity index (χ3v) is 1.45. The molecule has 0 saturated heterocycles. The minimum Gasteiger partial charge on any atom is -0.466 e. The molecule has 0 atom stereocenters. The molecule has 13 heavy (non-hydrogen) atoms. The van der Waals surface area contributed by atoms with Crippen molar-refractivity contribution in [1.82, 2.24) is 10.2 Å². The Morgan fingerprint density at radius 2 is 2.23 bits per heavy atom. The molecule has 0 fully saturated rings. The normalized spacial score (nSPS) is 10.0. The van der Waals surface area contributed by atoms with Crippen LogP contribution in [0.1, 0.15) is 18.7 Å². The summed E-state index contributed by atoms with van der Waals surface area (Å²) in [5, 5.41) is 7.20. The van der Waals surface area contributed by atoms with E-state index in [9.17, 15) is 4.79 Å². The predicted octanol–water partition coefficient (Wildman–Crippen LogP) is 0.914. The Morgan fingerprint density at radius 3 is 2.77 bits per heavy atom. The highest BCUT2D eigenvalue weighted by molar-refractivity contribution is 6.16. The number of hydrogen-bond donors (Lipinski definition) is 0. The van der Waals surface area contributed by atoms with E-state index in [4.69, 9.17) is 16.0 Å². The van der Waals surface area contributed by atoms with Crippen LogP contribution in [-0.2, 0) is 21.8 Å². The van der Waals surface area contributed by atoms with E-state index in [0.29, 0.717) is 12.5 Å². The Balaban J connectivity index is 2.49. The summed E-state index contributed by atoms with van der Waals surface area (Å²) < 4.78 is 9.68. The summed E-state index contributed by atoms with van der Waals surface area (Å²) in [6, 6.07) is 0. The minimum atomic E-state index is -0.382. The summed E-state index contributed by atoms with van der Waals surface area (Å²) >= 11 is 5.43. The van der Waals surface area contributed by atoms with Crippen molar-refractivity contribution in [3.05, 3.63) is 11.8 Å². The molecule has 1 aromatic heterocycles. The number of esters is 1. The van der Waals surface area contributed by atoms with E-state index in [1.165, 1.54) is 0 Å². The summed E-state index contributed by atoms with van der Waals surface area (Å²) in [5.41, 5.74) is 0. The standard InChI is InChI=1S/C7H9ClN2O3/c1-2-12-7(11)3-5-9-10-6(4-8)13-5/h2-4H2,1H3. The lowest BCUT2D eigenvalue weighted by molar-refractivity contribution is -0.142. The van der Waals surface area contributed by atoms with Crippen molar-refractivity contribution in [2.24, 2.45) is 0 Å². The second-order valence-corrected chi connectivity index (χ2v) is 2.47. The van der Waals surface area contributed by atoms with Crippen LogP contribution in [0, 0.1) is 0 Å². The number of hydrogen-bond acceptors (Lipinski definition) is 5. The van der Waals surface area contributed by atoms with Crippen LogP contribution in [0.5, 0.6) is 0 Å². The molecular weight excluding hydrogens is 196 g/mol. The maximum Gasteiger partial charge on any atom is 0.315 e. The summed E-state index contributed by atoms with van der Waals surface area (Å²) in [4.78, 5) is 10.9. The first-order valence-electron chi connectivity index (χ1n) is 3.79. The van der Waals surface area contributed by atoms with Crippen molar-refractivity contribution in [3.63, 3.8) is 0 Å². The van der Waals surface area contributed by atoms with Gasteiger partial charge in [0.25, 0.3) is 0 Å². The number of carbonyl (C=O) groups is 1. The van der Waals surface area contributed by atoms with Crippen molar-refractivity contribution in [1.29, 1.82) is 0 Å². The Hall–Kier alpha value is -1.10. The SMILES string of the molecule is CCOC(=O)Cc1nnc(CCl)o1. The summed E-state index contributed by atoms with van der Waals surface area (Å²) in [6.07, 6.45) is -0.00225. The second-order valence-electron chi connectivity index (χ2n) is 2.20. The van der Waals surface area contributed by atoms with Gasteiger partial charge in [-0.05, 0) is 6.92 Å². The molecule has 0 saturated carbocycles. The van der Waals surface area contributed by atoms with E-state index >= 15 is 0 Å². The number of ether oxygens (including phenoxy) is 1. The fraction of sp³-hybridized carbons (Fsp3) is 0.571. The van der Waals surface area contributed by atoms with Gasteiger partial charge < -0.3 is 9.15 Å². The van der Waals surface area contributed by atoms with Gasteiger partial charge >= 0.3 is 5.97 Å². The van der Waals surface area contributed by atoms with Gasteiger partial charge in [0, 0.05) is 0 Å². The molecule has 0 radical (unpaired) electrons. The van der Waals surface area contributed by atoms with Gasteiger partial charge in [0.05, 0.1) is 6.61 Å². The molecule has 0 unspecified atom stereocenters. The molecule has 1 heterocycles. The molecule has 1 aromatic rings. The molecule has 0 bridgehead atoms. The first kappa shape index (κ1) is 9.98. The molecule has 0 aliphatic carbocycles. The highest BCUT2D eigenvalue weighted by atomic mass is 35.5. The van der Waals surface area contributed by atoms with E-state index in [2.05, 4.69) is 14.9 Å². The van der Waals surface area contributed by atoms with E-state index in [1.54, 1.807) is 6.92 Å². The van der Waals surface area contributed by atoms with Gasteiger partial charge in [-0.25, -0.2) is 0 Å². The zero-order chi connectivity index (χ0) is 9.68. The third-order valence-electron chi connectivity index (χ3n) is 1.22. The first-order valence-corrected chi connectivity index (χ1v) is 4.32. The topological polar surface area (TPSA) is 65.2 Å². The quantitative estimate of drug-likeness (QED) is 0.539. The van der Waals surface area contributed by atoms with Gasteiger partial charge in [0.2, 0.25) is 11.8 Å². The maximum absolute atomic E-state index is 10.9. The molecule has 72 valence electrons. The summed E-state index contributed by atoms with van der Waals surface area (Å²) in [6.45, 7) is 2.07. The van der Waals surface area contributed by atoms with Crippen molar-refractivity contribution >= 4 is 17.6 Å². The fourth-order valence-electron chi connectivity index (χ4n) is 0.749. The Morgan fingerprint density at radius 1 is 1.54 bits per heavy atom. The largest absolute Gasteiger partial charge is 0.466 e. The van der Waals surface area contributed by atoms with E-state index in [-0.39, 0.29) is 24.2 Å². The molecule has 5 nitrogen and oxygen atoms in total. The molecule has 1 rings (SSSR count). The lowest BCUT2D eigenvalue weighted by atomic mass is 10.4. The average molecular weight is 205 g/mol. The second kappa shape index (κ2) is 4.81. The molecular formula is C7H9ClN2O3. The van der Waals surface area contributed by atoms with Gasteiger partial charge in [-0.2, -0.15) is 0 Å². The zero-order valence-electron chi connectivity index (χ0n) is 7.12. The third kappa shape index (κ3) is 3.02. The number of rotatable bonds is 4. The Kier molecular flexibility index (Phi) is 3.70. The fourth-order valence-corrected chi connectivity index (χ4v) is 0.857. The van der Waals surface area contributed by atoms with E-state index in [0.717, 1.165) is 0 Å². The van der Waals surface area contributed by atoms with Crippen molar-refractivity contribution in [2.75, 3.05) is 6.61 Å². The van der Waals surface area contributed by atoms with Crippen LogP contribution in [0.25, 0.3) is 0 Å². The average Bonchev–Trinajstić information content (AvgIpc) is 2.52. The van der Waals surface area contributed by atoms with Crippen LogP contribution in [0.15, 0.2) is 4.42 Å². The van der Waals surface area contributed by atoms with Gasteiger partial charge in [0.15, 0.2) is 0 Å². The minimum absolute atomic E-state index is 0.00225. The lowest BCUT2D eigenvalue weighted by Gasteiger charge is -1.96. The maximum atomic E-state index is 10.9. The Bertz CT molecular complexity index is 287.